The van der Waals surface area contributed by atoms with Crippen LogP contribution in [0.5, 0.6) is 0 Å². The van der Waals surface area contributed by atoms with Gasteiger partial charge in [0.2, 0.25) is 0 Å². The van der Waals surface area contributed by atoms with E-state index in [2.05, 4.69) is 34.6 Å². The molecule has 1 fully saturated rings. The maximum Gasteiger partial charge on any atom is 0.318 e. The van der Waals surface area contributed by atoms with Crippen LogP contribution >= 0.6 is 0 Å². The summed E-state index contributed by atoms with van der Waals surface area (Å²) in [6.07, 6.45) is 5.47. The summed E-state index contributed by atoms with van der Waals surface area (Å²) < 4.78 is 5.84. The van der Waals surface area contributed by atoms with E-state index in [-0.39, 0.29) is 18.2 Å². The van der Waals surface area contributed by atoms with E-state index >= 15 is 0 Å². The molecule has 25 heavy (non-hydrogen) atoms. The number of ether oxygens (including phenoxy) is 1. The highest BCUT2D eigenvalue weighted by atomic mass is 16.5. The molecular weight excluding hydrogens is 314 g/mol. The second-order valence-corrected chi connectivity index (χ2v) is 6.41. The third-order valence-corrected chi connectivity index (χ3v) is 4.57. The lowest BCUT2D eigenvalue weighted by atomic mass is 10.1. The molecule has 2 heterocycles. The van der Waals surface area contributed by atoms with Crippen molar-refractivity contribution in [2.45, 2.75) is 31.9 Å². The van der Waals surface area contributed by atoms with Crippen molar-refractivity contribution >= 4 is 6.03 Å². The number of hydrogen-bond acceptors (Lipinski definition) is 3. The number of morpholine rings is 1. The van der Waals surface area contributed by atoms with E-state index in [9.17, 15) is 4.79 Å². The predicted molar refractivity (Wildman–Crippen MR) is 97.3 cm³/mol. The first-order chi connectivity index (χ1) is 12.2. The number of nitrogens with one attached hydrogen (secondary N) is 1. The lowest BCUT2D eigenvalue weighted by molar-refractivity contribution is -0.0179. The van der Waals surface area contributed by atoms with E-state index in [0.717, 1.165) is 18.4 Å². The highest BCUT2D eigenvalue weighted by Gasteiger charge is 2.25. The van der Waals surface area contributed by atoms with Crippen LogP contribution in [-0.4, -0.2) is 41.7 Å². The van der Waals surface area contributed by atoms with Gasteiger partial charge in [0, 0.05) is 25.5 Å². The number of amides is 2. The molecule has 3 rings (SSSR count). The van der Waals surface area contributed by atoms with Gasteiger partial charge in [0.15, 0.2) is 0 Å². The standard InChI is InChI=1S/C20H25N3O2/c1-16(18-9-11-21-12-10-18)22-20(24)23-13-14-25-19(15-23)8-7-17-5-3-2-4-6-17/h2-6,9-12,16,19H,7-8,13-15H2,1H3,(H,22,24)/t16-,19+/m1/s1. The third-order valence-electron chi connectivity index (χ3n) is 4.57. The average Bonchev–Trinajstić information content (AvgIpc) is 2.68. The molecular formula is C20H25N3O2. The Morgan fingerprint density at radius 3 is 2.80 bits per heavy atom. The zero-order valence-corrected chi connectivity index (χ0v) is 14.6. The Hall–Kier alpha value is -2.40. The normalized spacial score (nSPS) is 18.6. The van der Waals surface area contributed by atoms with Crippen molar-refractivity contribution < 1.29 is 9.53 Å². The van der Waals surface area contributed by atoms with Crippen LogP contribution in [0.3, 0.4) is 0 Å². The van der Waals surface area contributed by atoms with E-state index in [0.29, 0.717) is 19.7 Å². The highest BCUT2D eigenvalue weighted by Crippen LogP contribution is 2.15. The SMILES string of the molecule is C[C@@H](NC(=O)N1CCO[C@@H](CCc2ccccc2)C1)c1ccncc1. The largest absolute Gasteiger partial charge is 0.375 e. The molecule has 0 aliphatic carbocycles. The fourth-order valence-corrected chi connectivity index (χ4v) is 3.06. The summed E-state index contributed by atoms with van der Waals surface area (Å²) in [6.45, 7) is 3.86. The molecule has 0 spiro atoms. The summed E-state index contributed by atoms with van der Waals surface area (Å²) in [4.78, 5) is 18.4. The van der Waals surface area contributed by atoms with Crippen molar-refractivity contribution in [3.8, 4) is 0 Å². The number of aromatic nitrogens is 1. The second-order valence-electron chi connectivity index (χ2n) is 6.41. The van der Waals surface area contributed by atoms with Crippen LogP contribution in [0.4, 0.5) is 4.79 Å². The highest BCUT2D eigenvalue weighted by molar-refractivity contribution is 5.74. The number of urea groups is 1. The number of hydrogen-bond donors (Lipinski definition) is 1. The van der Waals surface area contributed by atoms with Crippen LogP contribution in [0, 0.1) is 0 Å². The minimum absolute atomic E-state index is 0.0303. The van der Waals surface area contributed by atoms with E-state index < -0.39 is 0 Å². The molecule has 132 valence electrons. The summed E-state index contributed by atoms with van der Waals surface area (Å²) >= 11 is 0. The number of benzene rings is 1. The van der Waals surface area contributed by atoms with Gasteiger partial charge in [-0.3, -0.25) is 4.98 Å². The van der Waals surface area contributed by atoms with E-state index in [1.807, 2.05) is 30.0 Å². The maximum atomic E-state index is 12.5. The third kappa shape index (κ3) is 5.03. The van der Waals surface area contributed by atoms with Crippen molar-refractivity contribution in [3.05, 3.63) is 66.0 Å². The zero-order chi connectivity index (χ0) is 17.5. The van der Waals surface area contributed by atoms with Crippen LogP contribution < -0.4 is 5.32 Å². The molecule has 2 atom stereocenters. The maximum absolute atomic E-state index is 12.5. The number of nitrogens with zero attached hydrogens (tertiary/aromatic N) is 2. The molecule has 2 amide bonds. The number of rotatable bonds is 5. The van der Waals surface area contributed by atoms with Crippen molar-refractivity contribution in [2.24, 2.45) is 0 Å². The summed E-state index contributed by atoms with van der Waals surface area (Å²) in [7, 11) is 0. The second kappa shape index (κ2) is 8.62. The lowest BCUT2D eigenvalue weighted by Gasteiger charge is -2.34. The van der Waals surface area contributed by atoms with E-state index in [1.165, 1.54) is 5.56 Å². The molecule has 1 N–H and O–H groups in total. The quantitative estimate of drug-likeness (QED) is 0.910. The molecule has 0 bridgehead atoms. The summed E-state index contributed by atoms with van der Waals surface area (Å²) in [5.41, 5.74) is 2.36. The summed E-state index contributed by atoms with van der Waals surface area (Å²) in [5.74, 6) is 0. The Kier molecular flexibility index (Phi) is 6.01. The molecule has 1 aliphatic heterocycles. The Bertz CT molecular complexity index is 663. The van der Waals surface area contributed by atoms with Crippen LogP contribution in [0.1, 0.15) is 30.5 Å². The molecule has 5 nitrogen and oxygen atoms in total. The van der Waals surface area contributed by atoms with Gasteiger partial charge in [-0.15, -0.1) is 0 Å². The van der Waals surface area contributed by atoms with Gasteiger partial charge < -0.3 is 15.0 Å². The molecule has 1 aromatic carbocycles. The van der Waals surface area contributed by atoms with Crippen LogP contribution in [-0.2, 0) is 11.2 Å². The zero-order valence-electron chi connectivity index (χ0n) is 14.6. The fraction of sp³-hybridized carbons (Fsp3) is 0.400. The fourth-order valence-electron chi connectivity index (χ4n) is 3.06. The number of carbonyl (C=O) groups is 1. The topological polar surface area (TPSA) is 54.5 Å². The van der Waals surface area contributed by atoms with Gasteiger partial charge in [-0.25, -0.2) is 4.79 Å². The summed E-state index contributed by atoms with van der Waals surface area (Å²) in [6, 6.07) is 14.2. The van der Waals surface area contributed by atoms with E-state index in [1.54, 1.807) is 12.4 Å². The minimum atomic E-state index is -0.0406. The molecule has 0 radical (unpaired) electrons. The lowest BCUT2D eigenvalue weighted by Crippen LogP contribution is -2.50. The molecule has 1 saturated heterocycles. The Morgan fingerprint density at radius 1 is 1.28 bits per heavy atom. The molecule has 5 heteroatoms. The summed E-state index contributed by atoms with van der Waals surface area (Å²) in [5, 5.41) is 3.06. The van der Waals surface area contributed by atoms with Crippen LogP contribution in [0.25, 0.3) is 0 Å². The van der Waals surface area contributed by atoms with Gasteiger partial charge in [-0.2, -0.15) is 0 Å². The molecule has 1 aliphatic rings. The monoisotopic (exact) mass is 339 g/mol. The molecule has 0 saturated carbocycles. The Morgan fingerprint density at radius 2 is 2.04 bits per heavy atom. The Balaban J connectivity index is 1.49. The van der Waals surface area contributed by atoms with Crippen molar-refractivity contribution in [1.82, 2.24) is 15.2 Å². The van der Waals surface area contributed by atoms with Crippen molar-refractivity contribution in [3.63, 3.8) is 0 Å². The van der Waals surface area contributed by atoms with Gasteiger partial charge in [0.05, 0.1) is 18.8 Å². The molecule has 2 aromatic rings. The Labute approximate surface area is 149 Å². The van der Waals surface area contributed by atoms with Crippen LogP contribution in [0.2, 0.25) is 0 Å². The van der Waals surface area contributed by atoms with Gasteiger partial charge in [0.25, 0.3) is 0 Å². The van der Waals surface area contributed by atoms with Crippen molar-refractivity contribution in [2.75, 3.05) is 19.7 Å². The average molecular weight is 339 g/mol. The first-order valence-electron chi connectivity index (χ1n) is 8.83. The first-order valence-corrected chi connectivity index (χ1v) is 8.83. The van der Waals surface area contributed by atoms with Crippen LogP contribution in [0.15, 0.2) is 54.9 Å². The first kappa shape index (κ1) is 17.4. The van der Waals surface area contributed by atoms with Crippen molar-refractivity contribution in [1.29, 1.82) is 0 Å². The number of pyridine rings is 1. The minimum Gasteiger partial charge on any atom is -0.375 e. The number of carbonyl (C=O) groups excluding carboxylic acids is 1. The predicted octanol–water partition coefficient (Wildman–Crippen LogP) is 3.19. The van der Waals surface area contributed by atoms with Gasteiger partial charge in [-0.05, 0) is 43.0 Å². The number of aryl methyl sites for hydroxylation is 1. The van der Waals surface area contributed by atoms with E-state index in [4.69, 9.17) is 4.74 Å². The van der Waals surface area contributed by atoms with Gasteiger partial charge >= 0.3 is 6.03 Å². The molecule has 0 unspecified atom stereocenters. The van der Waals surface area contributed by atoms with Gasteiger partial charge in [0.1, 0.15) is 0 Å². The van der Waals surface area contributed by atoms with Gasteiger partial charge in [-0.1, -0.05) is 30.3 Å². The molecule has 1 aromatic heterocycles. The smallest absolute Gasteiger partial charge is 0.318 e.